The number of carbonyl (C=O) groups is 1. The predicted molar refractivity (Wildman–Crippen MR) is 114 cm³/mol. The number of halogens is 2. The molecule has 3 rings (SSSR count). The van der Waals surface area contributed by atoms with Crippen molar-refractivity contribution in [1.82, 2.24) is 14.7 Å². The van der Waals surface area contributed by atoms with Crippen molar-refractivity contribution in [2.24, 2.45) is 0 Å². The molecule has 29 heavy (non-hydrogen) atoms. The summed E-state index contributed by atoms with van der Waals surface area (Å²) in [5, 5.41) is 7.51. The van der Waals surface area contributed by atoms with E-state index in [0.29, 0.717) is 23.5 Å². The second-order valence-electron chi connectivity index (χ2n) is 7.24. The van der Waals surface area contributed by atoms with Gasteiger partial charge in [-0.15, -0.1) is 0 Å². The first-order chi connectivity index (χ1) is 13.8. The molecule has 3 aromatic rings. The third-order valence-electron chi connectivity index (χ3n) is 4.60. The molecule has 0 saturated heterocycles. The lowest BCUT2D eigenvalue weighted by atomic mass is 10.1. The summed E-state index contributed by atoms with van der Waals surface area (Å²) < 4.78 is 14.6. The van der Waals surface area contributed by atoms with Crippen molar-refractivity contribution >= 4 is 23.2 Å². The van der Waals surface area contributed by atoms with Gasteiger partial charge >= 0.3 is 0 Å². The molecule has 0 unspecified atom stereocenters. The van der Waals surface area contributed by atoms with Gasteiger partial charge in [-0.25, -0.2) is 9.07 Å². The summed E-state index contributed by atoms with van der Waals surface area (Å²) in [6.45, 7) is 3.06. The Kier molecular flexibility index (Phi) is 6.67. The van der Waals surface area contributed by atoms with Gasteiger partial charge in [-0.05, 0) is 62.8 Å². The van der Waals surface area contributed by atoms with Gasteiger partial charge in [0.2, 0.25) is 0 Å². The standard InChI is InChI=1S/C22H24ClFN4O/c1-15-20(21(23)28(26-15)14-17-4-8-18(24)9-5-17)22(29)25-19-10-6-16(7-11-19)12-13-27(2)3/h4-11H,12-14H2,1-3H3,(H,25,29). The fraction of sp³-hybridized carbons (Fsp3) is 0.273. The van der Waals surface area contributed by atoms with Gasteiger partial charge in [-0.3, -0.25) is 4.79 Å². The Balaban J connectivity index is 1.70. The molecule has 1 heterocycles. The number of benzene rings is 2. The number of nitrogens with zero attached hydrogens (tertiary/aromatic N) is 3. The molecule has 0 fully saturated rings. The van der Waals surface area contributed by atoms with Gasteiger partial charge < -0.3 is 10.2 Å². The minimum atomic E-state index is -0.307. The molecule has 0 saturated carbocycles. The van der Waals surface area contributed by atoms with Crippen molar-refractivity contribution in [3.63, 3.8) is 0 Å². The smallest absolute Gasteiger partial charge is 0.260 e. The Morgan fingerprint density at radius 2 is 1.72 bits per heavy atom. The highest BCUT2D eigenvalue weighted by Crippen LogP contribution is 2.23. The van der Waals surface area contributed by atoms with E-state index < -0.39 is 0 Å². The van der Waals surface area contributed by atoms with E-state index in [0.717, 1.165) is 18.5 Å². The number of nitrogens with one attached hydrogen (secondary N) is 1. The van der Waals surface area contributed by atoms with Crippen LogP contribution in [0, 0.1) is 12.7 Å². The van der Waals surface area contributed by atoms with Crippen LogP contribution in [0.2, 0.25) is 5.15 Å². The van der Waals surface area contributed by atoms with E-state index in [2.05, 4.69) is 15.3 Å². The quantitative estimate of drug-likeness (QED) is 0.623. The molecule has 2 aromatic carbocycles. The number of aryl methyl sites for hydroxylation is 1. The average Bonchev–Trinajstić information content (AvgIpc) is 2.96. The second kappa shape index (κ2) is 9.20. The Morgan fingerprint density at radius 1 is 1.10 bits per heavy atom. The summed E-state index contributed by atoms with van der Waals surface area (Å²) in [6, 6.07) is 13.9. The first-order valence-electron chi connectivity index (χ1n) is 9.36. The van der Waals surface area contributed by atoms with Crippen LogP contribution in [-0.4, -0.2) is 41.2 Å². The highest BCUT2D eigenvalue weighted by molar-refractivity contribution is 6.33. The maximum absolute atomic E-state index is 13.1. The highest BCUT2D eigenvalue weighted by atomic mass is 35.5. The van der Waals surface area contributed by atoms with Gasteiger partial charge in [0, 0.05) is 12.2 Å². The van der Waals surface area contributed by atoms with E-state index in [1.807, 2.05) is 38.4 Å². The van der Waals surface area contributed by atoms with Crippen LogP contribution in [0.1, 0.15) is 27.2 Å². The summed E-state index contributed by atoms with van der Waals surface area (Å²) in [5.74, 6) is -0.608. The van der Waals surface area contributed by atoms with E-state index in [4.69, 9.17) is 11.6 Å². The number of likely N-dealkylation sites (N-methyl/N-ethyl adjacent to an activating group) is 1. The minimum Gasteiger partial charge on any atom is -0.322 e. The molecule has 1 aromatic heterocycles. The van der Waals surface area contributed by atoms with Crippen LogP contribution in [0.15, 0.2) is 48.5 Å². The summed E-state index contributed by atoms with van der Waals surface area (Å²) in [6.07, 6.45) is 0.947. The normalized spacial score (nSPS) is 11.1. The SMILES string of the molecule is Cc1nn(Cc2ccc(F)cc2)c(Cl)c1C(=O)Nc1ccc(CCN(C)C)cc1. The fourth-order valence-electron chi connectivity index (χ4n) is 2.98. The third kappa shape index (κ3) is 5.43. The van der Waals surface area contributed by atoms with E-state index in [1.165, 1.54) is 17.7 Å². The van der Waals surface area contributed by atoms with Crippen LogP contribution in [0.25, 0.3) is 0 Å². The number of aromatic nitrogens is 2. The van der Waals surface area contributed by atoms with Gasteiger partial charge in [0.05, 0.1) is 17.8 Å². The van der Waals surface area contributed by atoms with E-state index >= 15 is 0 Å². The first-order valence-corrected chi connectivity index (χ1v) is 9.73. The molecule has 0 spiro atoms. The topological polar surface area (TPSA) is 50.2 Å². The van der Waals surface area contributed by atoms with Crippen molar-refractivity contribution in [2.75, 3.05) is 26.0 Å². The van der Waals surface area contributed by atoms with Gasteiger partial charge in [0.25, 0.3) is 5.91 Å². The van der Waals surface area contributed by atoms with E-state index in [1.54, 1.807) is 23.7 Å². The van der Waals surface area contributed by atoms with Crippen LogP contribution >= 0.6 is 11.6 Å². The number of anilines is 1. The Hall–Kier alpha value is -2.70. The molecule has 7 heteroatoms. The molecule has 0 radical (unpaired) electrons. The fourth-order valence-corrected chi connectivity index (χ4v) is 3.30. The summed E-state index contributed by atoms with van der Waals surface area (Å²) in [7, 11) is 4.08. The van der Waals surface area contributed by atoms with Gasteiger partial charge in [0.1, 0.15) is 11.0 Å². The summed E-state index contributed by atoms with van der Waals surface area (Å²) in [4.78, 5) is 14.9. The van der Waals surface area contributed by atoms with Crippen LogP contribution in [0.3, 0.4) is 0 Å². The summed E-state index contributed by atoms with van der Waals surface area (Å²) in [5.41, 5.74) is 3.63. The van der Waals surface area contributed by atoms with Crippen molar-refractivity contribution in [3.8, 4) is 0 Å². The molecular formula is C22H24ClFN4O. The monoisotopic (exact) mass is 414 g/mol. The Labute approximate surface area is 175 Å². The number of hydrogen-bond donors (Lipinski definition) is 1. The van der Waals surface area contributed by atoms with Gasteiger partial charge in [-0.2, -0.15) is 5.10 Å². The molecular weight excluding hydrogens is 391 g/mol. The third-order valence-corrected chi connectivity index (χ3v) is 4.98. The maximum Gasteiger partial charge on any atom is 0.260 e. The number of hydrogen-bond acceptors (Lipinski definition) is 3. The van der Waals surface area contributed by atoms with Crippen molar-refractivity contribution in [3.05, 3.63) is 81.9 Å². The molecule has 0 bridgehead atoms. The lowest BCUT2D eigenvalue weighted by Crippen LogP contribution is -2.15. The number of rotatable bonds is 7. The number of carbonyl (C=O) groups excluding carboxylic acids is 1. The minimum absolute atomic E-state index is 0.256. The van der Waals surface area contributed by atoms with E-state index in [-0.39, 0.29) is 16.9 Å². The molecule has 0 aliphatic heterocycles. The lowest BCUT2D eigenvalue weighted by Gasteiger charge is -2.10. The average molecular weight is 415 g/mol. The second-order valence-corrected chi connectivity index (χ2v) is 7.60. The van der Waals surface area contributed by atoms with E-state index in [9.17, 15) is 9.18 Å². The largest absolute Gasteiger partial charge is 0.322 e. The van der Waals surface area contributed by atoms with Crippen molar-refractivity contribution < 1.29 is 9.18 Å². The van der Waals surface area contributed by atoms with Crippen molar-refractivity contribution in [1.29, 1.82) is 0 Å². The predicted octanol–water partition coefficient (Wildman–Crippen LogP) is 4.39. The zero-order chi connectivity index (χ0) is 21.0. The van der Waals surface area contributed by atoms with Crippen molar-refractivity contribution in [2.45, 2.75) is 19.9 Å². The van der Waals surface area contributed by atoms with Gasteiger partial charge in [-0.1, -0.05) is 35.9 Å². The zero-order valence-electron chi connectivity index (χ0n) is 16.7. The van der Waals surface area contributed by atoms with Gasteiger partial charge in [0.15, 0.2) is 0 Å². The van der Waals surface area contributed by atoms with Crippen LogP contribution < -0.4 is 5.32 Å². The molecule has 1 amide bonds. The highest BCUT2D eigenvalue weighted by Gasteiger charge is 2.20. The molecule has 152 valence electrons. The maximum atomic E-state index is 13.1. The Bertz CT molecular complexity index is 981. The first kappa shape index (κ1) is 21.0. The molecule has 0 aliphatic rings. The molecule has 0 atom stereocenters. The molecule has 1 N–H and O–H groups in total. The summed E-state index contributed by atoms with van der Waals surface area (Å²) >= 11 is 6.43. The lowest BCUT2D eigenvalue weighted by molar-refractivity contribution is 0.102. The molecule has 5 nitrogen and oxygen atoms in total. The number of amides is 1. The van der Waals surface area contributed by atoms with Crippen LogP contribution in [-0.2, 0) is 13.0 Å². The molecule has 0 aliphatic carbocycles. The Morgan fingerprint density at radius 3 is 2.34 bits per heavy atom. The zero-order valence-corrected chi connectivity index (χ0v) is 17.5. The van der Waals surface area contributed by atoms with Crippen LogP contribution in [0.4, 0.5) is 10.1 Å². The van der Waals surface area contributed by atoms with Crippen LogP contribution in [0.5, 0.6) is 0 Å².